The maximum atomic E-state index is 12.7. The Morgan fingerprint density at radius 2 is 1.48 bits per heavy atom. The van der Waals surface area contributed by atoms with Gasteiger partial charge in [-0.25, -0.2) is 0 Å². The van der Waals surface area contributed by atoms with Gasteiger partial charge in [-0.2, -0.15) is 4.57 Å². The van der Waals surface area contributed by atoms with Crippen LogP contribution in [0.4, 0.5) is 5.69 Å². The first-order chi connectivity index (χ1) is 20.4. The number of para-hydroxylation sites is 1. The van der Waals surface area contributed by atoms with E-state index in [-0.39, 0.29) is 17.9 Å². The summed E-state index contributed by atoms with van der Waals surface area (Å²) in [4.78, 5) is 12.7. The van der Waals surface area contributed by atoms with Crippen molar-refractivity contribution in [2.75, 3.05) is 18.5 Å². The van der Waals surface area contributed by atoms with Gasteiger partial charge in [-0.05, 0) is 30.0 Å². The third-order valence-electron chi connectivity index (χ3n) is 7.52. The normalized spacial score (nSPS) is 11.4. The van der Waals surface area contributed by atoms with Crippen molar-refractivity contribution in [1.29, 1.82) is 0 Å². The molecule has 1 heterocycles. The van der Waals surface area contributed by atoms with E-state index >= 15 is 0 Å². The van der Waals surface area contributed by atoms with Crippen molar-refractivity contribution in [1.82, 2.24) is 0 Å². The van der Waals surface area contributed by atoms with Gasteiger partial charge in [-0.15, -0.1) is 0 Å². The fourth-order valence-corrected chi connectivity index (χ4v) is 5.68. The van der Waals surface area contributed by atoms with Crippen LogP contribution in [-0.2, 0) is 16.8 Å². The molecule has 230 valence electrons. The number of unbranched alkanes of at least 4 members (excludes halogenated alkanes) is 11. The number of aromatic nitrogens is 1. The van der Waals surface area contributed by atoms with Crippen molar-refractivity contribution in [3.63, 3.8) is 0 Å². The first-order valence-electron chi connectivity index (χ1n) is 16.1. The van der Waals surface area contributed by atoms with Gasteiger partial charge in [0.1, 0.15) is 0 Å². The van der Waals surface area contributed by atoms with Crippen LogP contribution in [0.25, 0.3) is 0 Å². The van der Waals surface area contributed by atoms with Crippen molar-refractivity contribution >= 4 is 22.9 Å². The number of nitrogens with one attached hydrogen (secondary N) is 1. The summed E-state index contributed by atoms with van der Waals surface area (Å²) >= 11 is 1.67. The van der Waals surface area contributed by atoms with E-state index in [2.05, 4.69) is 60.7 Å². The summed E-state index contributed by atoms with van der Waals surface area (Å²) < 4.78 is 14.5. The van der Waals surface area contributed by atoms with E-state index in [9.17, 15) is 4.79 Å². The Hall–Kier alpha value is -2.86. The Morgan fingerprint density at radius 1 is 0.833 bits per heavy atom. The van der Waals surface area contributed by atoms with Crippen LogP contribution in [0.3, 0.4) is 0 Å². The third-order valence-corrected chi connectivity index (χ3v) is 8.19. The van der Waals surface area contributed by atoms with Crippen molar-refractivity contribution in [3.8, 4) is 11.5 Å². The van der Waals surface area contributed by atoms with Crippen LogP contribution in [0, 0.1) is 0 Å². The van der Waals surface area contributed by atoms with E-state index in [4.69, 9.17) is 9.47 Å². The van der Waals surface area contributed by atoms with Crippen LogP contribution in [0.5, 0.6) is 11.5 Å². The summed E-state index contributed by atoms with van der Waals surface area (Å²) in [5.74, 6) is 1.19. The lowest BCUT2D eigenvalue weighted by Crippen LogP contribution is -2.30. The van der Waals surface area contributed by atoms with Gasteiger partial charge in [-0.3, -0.25) is 4.79 Å². The molecule has 2 aromatic carbocycles. The molecule has 5 nitrogen and oxygen atoms in total. The highest BCUT2D eigenvalue weighted by Crippen LogP contribution is 2.38. The van der Waals surface area contributed by atoms with E-state index < -0.39 is 0 Å². The molecule has 0 saturated carbocycles. The topological polar surface area (TPSA) is 51.4 Å². The molecule has 1 aromatic heterocycles. The Morgan fingerprint density at radius 3 is 2.07 bits per heavy atom. The molecule has 0 aliphatic rings. The molecule has 0 unspecified atom stereocenters. The molecule has 0 atom stereocenters. The number of thiazole rings is 1. The third kappa shape index (κ3) is 12.6. The number of carbonyl (C=O) groups is 1. The molecular formula is C36H53N2O3S+. The van der Waals surface area contributed by atoms with Gasteiger partial charge in [0.15, 0.2) is 30.8 Å². The van der Waals surface area contributed by atoms with E-state index in [0.717, 1.165) is 30.0 Å². The predicted molar refractivity (Wildman–Crippen MR) is 176 cm³/mol. The van der Waals surface area contributed by atoms with E-state index in [1.165, 1.54) is 76.2 Å². The largest absolute Gasteiger partial charge is 0.489 e. The maximum absolute atomic E-state index is 12.7. The van der Waals surface area contributed by atoms with Crippen LogP contribution in [-0.4, -0.2) is 19.1 Å². The second-order valence-corrected chi connectivity index (χ2v) is 13.1. The second kappa shape index (κ2) is 18.6. The number of anilines is 1. The zero-order chi connectivity index (χ0) is 30.0. The molecule has 0 fully saturated rings. The minimum absolute atomic E-state index is 0.0743. The zero-order valence-electron chi connectivity index (χ0n) is 26.5. The molecule has 0 saturated heterocycles. The Balaban J connectivity index is 1.41. The summed E-state index contributed by atoms with van der Waals surface area (Å²) in [5, 5.41) is 5.01. The molecule has 0 bridgehead atoms. The number of hydrogen-bond donors (Lipinski definition) is 1. The number of nitrogens with zero attached hydrogens (tertiary/aromatic N) is 1. The van der Waals surface area contributed by atoms with Gasteiger partial charge in [0.05, 0.1) is 12.0 Å². The lowest BCUT2D eigenvalue weighted by molar-refractivity contribution is -0.683. The van der Waals surface area contributed by atoms with E-state index in [1.807, 2.05) is 36.4 Å². The van der Waals surface area contributed by atoms with E-state index in [0.29, 0.717) is 12.4 Å². The molecule has 1 N–H and O–H groups in total. The molecule has 0 spiro atoms. The van der Waals surface area contributed by atoms with Gasteiger partial charge in [-0.1, -0.05) is 134 Å². The van der Waals surface area contributed by atoms with Crippen LogP contribution >= 0.6 is 11.3 Å². The number of carbonyl (C=O) groups excluding carboxylic acids is 1. The molecule has 3 rings (SSSR count). The van der Waals surface area contributed by atoms with E-state index in [1.54, 1.807) is 11.3 Å². The Labute approximate surface area is 258 Å². The summed E-state index contributed by atoms with van der Waals surface area (Å²) in [6.45, 7) is 10.2. The average molecular weight is 594 g/mol. The van der Waals surface area contributed by atoms with Crippen LogP contribution in [0.2, 0.25) is 0 Å². The number of rotatable bonds is 20. The van der Waals surface area contributed by atoms with Crippen molar-refractivity contribution < 1.29 is 18.8 Å². The second-order valence-electron chi connectivity index (χ2n) is 12.4. The molecule has 3 aromatic rings. The number of benzene rings is 2. The zero-order valence-corrected chi connectivity index (χ0v) is 27.3. The van der Waals surface area contributed by atoms with Gasteiger partial charge in [0.2, 0.25) is 5.51 Å². The van der Waals surface area contributed by atoms with Gasteiger partial charge in [0.25, 0.3) is 5.91 Å². The standard InChI is InChI=1S/C36H52N2O3S/c1-5-6-7-8-9-10-11-12-13-14-15-16-25-40-35-32(36(2,3)4)18-17-19-33(35)41-28-34(39)37-31-22-20-30(21-23-31)27-38-24-26-42-29-38/h17-24,26,29H,5-16,25,27-28H2,1-4H3/p+1. The Bertz CT molecular complexity index is 1150. The van der Waals surface area contributed by atoms with Crippen molar-refractivity contribution in [2.24, 2.45) is 0 Å². The first-order valence-corrected chi connectivity index (χ1v) is 17.0. The molecular weight excluding hydrogens is 540 g/mol. The van der Waals surface area contributed by atoms with Crippen LogP contribution in [0.1, 0.15) is 116 Å². The highest BCUT2D eigenvalue weighted by Gasteiger charge is 2.22. The van der Waals surface area contributed by atoms with Crippen molar-refractivity contribution in [3.05, 3.63) is 70.7 Å². The SMILES string of the molecule is CCCCCCCCCCCCCCOc1c(OCC(=O)Nc2ccc(C[n+]3ccsc3)cc2)cccc1C(C)(C)C. The summed E-state index contributed by atoms with van der Waals surface area (Å²) in [6, 6.07) is 13.9. The predicted octanol–water partition coefficient (Wildman–Crippen LogP) is 9.48. The lowest BCUT2D eigenvalue weighted by Gasteiger charge is -2.24. The highest BCUT2D eigenvalue weighted by molar-refractivity contribution is 7.07. The van der Waals surface area contributed by atoms with Crippen LogP contribution in [0.15, 0.2) is 59.6 Å². The molecule has 1 amide bonds. The maximum Gasteiger partial charge on any atom is 0.262 e. The fraction of sp³-hybridized carbons (Fsp3) is 0.556. The minimum Gasteiger partial charge on any atom is -0.489 e. The van der Waals surface area contributed by atoms with Gasteiger partial charge in [0, 0.05) is 16.8 Å². The molecule has 42 heavy (non-hydrogen) atoms. The fourth-order valence-electron chi connectivity index (χ4n) is 5.08. The minimum atomic E-state index is -0.192. The summed E-state index contributed by atoms with van der Waals surface area (Å²) in [5.41, 5.74) is 5.02. The lowest BCUT2D eigenvalue weighted by atomic mass is 9.86. The average Bonchev–Trinajstić information content (AvgIpc) is 3.48. The Kier molecular flexibility index (Phi) is 14.9. The molecule has 0 aliphatic heterocycles. The number of amides is 1. The smallest absolute Gasteiger partial charge is 0.262 e. The first kappa shape index (κ1) is 33.6. The molecule has 0 radical (unpaired) electrons. The number of ether oxygens (including phenoxy) is 2. The highest BCUT2D eigenvalue weighted by atomic mass is 32.1. The number of hydrogen-bond acceptors (Lipinski definition) is 4. The van der Waals surface area contributed by atoms with Gasteiger partial charge >= 0.3 is 0 Å². The monoisotopic (exact) mass is 593 g/mol. The molecule has 0 aliphatic carbocycles. The van der Waals surface area contributed by atoms with Crippen LogP contribution < -0.4 is 19.4 Å². The quantitative estimate of drug-likeness (QED) is 0.105. The molecule has 6 heteroatoms. The van der Waals surface area contributed by atoms with Gasteiger partial charge < -0.3 is 14.8 Å². The summed E-state index contributed by atoms with van der Waals surface area (Å²) in [7, 11) is 0. The van der Waals surface area contributed by atoms with Crippen molar-refractivity contribution in [2.45, 2.75) is 117 Å². The summed E-state index contributed by atoms with van der Waals surface area (Å²) in [6.07, 6.45) is 17.9.